The van der Waals surface area contributed by atoms with Crippen molar-refractivity contribution in [1.29, 1.82) is 0 Å². The topological polar surface area (TPSA) is 12.0 Å². The Bertz CT molecular complexity index is 436. The molecule has 4 unspecified atom stereocenters. The molecule has 4 atom stereocenters. The highest BCUT2D eigenvalue weighted by Gasteiger charge is 2.39. The van der Waals surface area contributed by atoms with Crippen LogP contribution in [0.1, 0.15) is 57.1 Å². The molecule has 0 spiro atoms. The number of benzene rings is 1. The average Bonchev–Trinajstić information content (AvgIpc) is 3.11. The molecule has 2 bridgehead atoms. The van der Waals surface area contributed by atoms with Crippen LogP contribution in [-0.2, 0) is 12.8 Å². The monoisotopic (exact) mass is 285 g/mol. The summed E-state index contributed by atoms with van der Waals surface area (Å²) in [6, 6.07) is 9.95. The van der Waals surface area contributed by atoms with Crippen LogP contribution in [0, 0.1) is 17.8 Å². The molecular formula is C20H31N. The summed E-state index contributed by atoms with van der Waals surface area (Å²) in [7, 11) is 0. The molecule has 0 aromatic heterocycles. The minimum absolute atomic E-state index is 0.673. The molecule has 0 aliphatic heterocycles. The van der Waals surface area contributed by atoms with Gasteiger partial charge in [-0.25, -0.2) is 0 Å². The van der Waals surface area contributed by atoms with Gasteiger partial charge in [0.1, 0.15) is 0 Å². The van der Waals surface area contributed by atoms with Gasteiger partial charge in [0, 0.05) is 6.04 Å². The zero-order valence-electron chi connectivity index (χ0n) is 13.8. The van der Waals surface area contributed by atoms with Crippen LogP contribution in [0.15, 0.2) is 24.3 Å². The normalized spacial score (nSPS) is 29.0. The fraction of sp³-hybridized carbons (Fsp3) is 0.700. The van der Waals surface area contributed by atoms with E-state index in [0.717, 1.165) is 30.7 Å². The van der Waals surface area contributed by atoms with E-state index in [0.29, 0.717) is 6.04 Å². The van der Waals surface area contributed by atoms with Crippen molar-refractivity contribution in [2.24, 2.45) is 17.8 Å². The number of hydrogen-bond donors (Lipinski definition) is 1. The van der Waals surface area contributed by atoms with Crippen LogP contribution in [-0.4, -0.2) is 12.6 Å². The van der Waals surface area contributed by atoms with Crippen molar-refractivity contribution in [3.05, 3.63) is 35.4 Å². The summed E-state index contributed by atoms with van der Waals surface area (Å²) in [4.78, 5) is 0. The summed E-state index contributed by atoms with van der Waals surface area (Å²) in [6.07, 6.45) is 9.82. The van der Waals surface area contributed by atoms with Gasteiger partial charge in [-0.1, -0.05) is 44.5 Å². The van der Waals surface area contributed by atoms with E-state index in [-0.39, 0.29) is 0 Å². The van der Waals surface area contributed by atoms with E-state index in [9.17, 15) is 0 Å². The van der Waals surface area contributed by atoms with Gasteiger partial charge in [0.25, 0.3) is 0 Å². The van der Waals surface area contributed by atoms with E-state index >= 15 is 0 Å². The lowest BCUT2D eigenvalue weighted by molar-refractivity contribution is 0.278. The minimum Gasteiger partial charge on any atom is -0.314 e. The van der Waals surface area contributed by atoms with Crippen molar-refractivity contribution in [3.8, 4) is 0 Å². The van der Waals surface area contributed by atoms with Crippen LogP contribution in [0.3, 0.4) is 0 Å². The maximum absolute atomic E-state index is 3.75. The number of aryl methyl sites for hydroxylation is 1. The van der Waals surface area contributed by atoms with Gasteiger partial charge in [0.05, 0.1) is 0 Å². The molecule has 21 heavy (non-hydrogen) atoms. The van der Waals surface area contributed by atoms with Gasteiger partial charge in [-0.3, -0.25) is 0 Å². The average molecular weight is 285 g/mol. The Kier molecular flexibility index (Phi) is 5.00. The minimum atomic E-state index is 0.673. The summed E-state index contributed by atoms with van der Waals surface area (Å²) >= 11 is 0. The summed E-state index contributed by atoms with van der Waals surface area (Å²) in [6.45, 7) is 5.57. The lowest BCUT2D eigenvalue weighted by atomic mass is 9.83. The van der Waals surface area contributed by atoms with Crippen molar-refractivity contribution in [1.82, 2.24) is 5.32 Å². The van der Waals surface area contributed by atoms with Crippen molar-refractivity contribution in [2.45, 2.75) is 64.8 Å². The van der Waals surface area contributed by atoms with E-state index in [1.54, 1.807) is 0 Å². The molecule has 2 aliphatic carbocycles. The van der Waals surface area contributed by atoms with Crippen molar-refractivity contribution in [2.75, 3.05) is 6.54 Å². The van der Waals surface area contributed by atoms with Crippen LogP contribution < -0.4 is 5.32 Å². The quantitative estimate of drug-likeness (QED) is 0.772. The lowest BCUT2D eigenvalue weighted by Crippen LogP contribution is -2.34. The largest absolute Gasteiger partial charge is 0.314 e. The number of hydrogen-bond acceptors (Lipinski definition) is 1. The predicted octanol–water partition coefficient (Wildman–Crippen LogP) is 4.60. The van der Waals surface area contributed by atoms with Gasteiger partial charge >= 0.3 is 0 Å². The Morgan fingerprint density at radius 1 is 1.05 bits per heavy atom. The van der Waals surface area contributed by atoms with Crippen LogP contribution in [0.4, 0.5) is 0 Å². The van der Waals surface area contributed by atoms with E-state index < -0.39 is 0 Å². The molecule has 3 rings (SSSR count). The molecule has 0 saturated heterocycles. The van der Waals surface area contributed by atoms with E-state index in [4.69, 9.17) is 0 Å². The first-order valence-electron chi connectivity index (χ1n) is 9.09. The van der Waals surface area contributed by atoms with Crippen molar-refractivity contribution < 1.29 is 0 Å². The molecule has 1 aromatic carbocycles. The molecule has 0 heterocycles. The molecule has 1 nitrogen and oxygen atoms in total. The number of likely N-dealkylation sites (N-methyl/N-ethyl adjacent to an activating group) is 1. The number of rotatable bonds is 7. The second kappa shape index (κ2) is 6.96. The van der Waals surface area contributed by atoms with Crippen molar-refractivity contribution in [3.63, 3.8) is 0 Å². The zero-order chi connectivity index (χ0) is 14.7. The SMILES string of the molecule is CCNC(Cc1ccc(CC)cc1)CC1CC2CCC1C2. The first-order valence-corrected chi connectivity index (χ1v) is 9.09. The standard InChI is InChI=1S/C20H31N/c1-3-15-5-7-16(8-6-15)13-20(21-4-2)14-19-12-17-9-10-18(19)11-17/h5-8,17-21H,3-4,9-14H2,1-2H3. The second-order valence-electron chi connectivity index (χ2n) is 7.30. The third kappa shape index (κ3) is 3.69. The van der Waals surface area contributed by atoms with Gasteiger partial charge in [-0.05, 0) is 74.0 Å². The van der Waals surface area contributed by atoms with Crippen LogP contribution >= 0.6 is 0 Å². The third-order valence-electron chi connectivity index (χ3n) is 5.88. The molecule has 1 aromatic rings. The van der Waals surface area contributed by atoms with Crippen LogP contribution in [0.2, 0.25) is 0 Å². The molecule has 0 radical (unpaired) electrons. The molecule has 116 valence electrons. The summed E-state index contributed by atoms with van der Waals surface area (Å²) < 4.78 is 0. The maximum atomic E-state index is 3.75. The lowest BCUT2D eigenvalue weighted by Gasteiger charge is -2.27. The smallest absolute Gasteiger partial charge is 0.0110 e. The second-order valence-corrected chi connectivity index (χ2v) is 7.30. The number of fused-ring (bicyclic) bond motifs is 2. The van der Waals surface area contributed by atoms with Crippen LogP contribution in [0.5, 0.6) is 0 Å². The first-order chi connectivity index (χ1) is 10.3. The predicted molar refractivity (Wildman–Crippen MR) is 90.5 cm³/mol. The van der Waals surface area contributed by atoms with Crippen molar-refractivity contribution >= 4 is 0 Å². The molecule has 2 fully saturated rings. The molecule has 2 aliphatic rings. The summed E-state index contributed by atoms with van der Waals surface area (Å²) in [5.74, 6) is 3.13. The van der Waals surface area contributed by atoms with Gasteiger partial charge in [-0.2, -0.15) is 0 Å². The van der Waals surface area contributed by atoms with Gasteiger partial charge in [0.15, 0.2) is 0 Å². The van der Waals surface area contributed by atoms with Gasteiger partial charge in [0.2, 0.25) is 0 Å². The molecule has 0 amide bonds. The maximum Gasteiger partial charge on any atom is 0.0110 e. The number of nitrogens with one attached hydrogen (secondary N) is 1. The highest BCUT2D eigenvalue weighted by Crippen LogP contribution is 2.49. The molecule has 1 heteroatoms. The Morgan fingerprint density at radius 2 is 1.81 bits per heavy atom. The van der Waals surface area contributed by atoms with E-state index in [1.807, 2.05) is 0 Å². The van der Waals surface area contributed by atoms with E-state index in [1.165, 1.54) is 49.7 Å². The zero-order valence-corrected chi connectivity index (χ0v) is 13.8. The molecular weight excluding hydrogens is 254 g/mol. The van der Waals surface area contributed by atoms with Gasteiger partial charge < -0.3 is 5.32 Å². The van der Waals surface area contributed by atoms with E-state index in [2.05, 4.69) is 43.4 Å². The van der Waals surface area contributed by atoms with Gasteiger partial charge in [-0.15, -0.1) is 0 Å². The highest BCUT2D eigenvalue weighted by atomic mass is 14.9. The fourth-order valence-corrected chi connectivity index (χ4v) is 4.75. The fourth-order valence-electron chi connectivity index (χ4n) is 4.75. The molecule has 2 saturated carbocycles. The third-order valence-corrected chi connectivity index (χ3v) is 5.88. The Morgan fingerprint density at radius 3 is 2.38 bits per heavy atom. The summed E-state index contributed by atoms with van der Waals surface area (Å²) in [5.41, 5.74) is 2.95. The first kappa shape index (κ1) is 15.1. The Hall–Kier alpha value is -0.820. The Labute approximate surface area is 130 Å². The molecule has 1 N–H and O–H groups in total. The Balaban J connectivity index is 1.58. The summed E-state index contributed by atoms with van der Waals surface area (Å²) in [5, 5.41) is 3.75. The highest BCUT2D eigenvalue weighted by molar-refractivity contribution is 5.23. The van der Waals surface area contributed by atoms with Crippen LogP contribution in [0.25, 0.3) is 0 Å².